The van der Waals surface area contributed by atoms with E-state index in [1.54, 1.807) is 36.0 Å². The van der Waals surface area contributed by atoms with Gasteiger partial charge in [0, 0.05) is 10.6 Å². The van der Waals surface area contributed by atoms with E-state index in [0.29, 0.717) is 16.4 Å². The van der Waals surface area contributed by atoms with Gasteiger partial charge in [-0.05, 0) is 55.6 Å². The molecule has 8 heteroatoms. The average Bonchev–Trinajstić information content (AvgIpc) is 3.18. The molecular weight excluding hydrogens is 456 g/mol. The predicted molar refractivity (Wildman–Crippen MR) is 134 cm³/mol. The Morgan fingerprint density at radius 1 is 1.06 bits per heavy atom. The molecule has 2 amide bonds. The summed E-state index contributed by atoms with van der Waals surface area (Å²) in [5.41, 5.74) is 2.70. The number of nitrogens with zero attached hydrogens (tertiary/aromatic N) is 2. The lowest BCUT2D eigenvalue weighted by atomic mass is 10.2. The van der Waals surface area contributed by atoms with Crippen LogP contribution in [0.2, 0.25) is 5.02 Å². The predicted octanol–water partition coefficient (Wildman–Crippen LogP) is 5.54. The highest BCUT2D eigenvalue weighted by Gasteiger charge is 2.21. The number of carbonyl (C=O) groups is 2. The molecule has 2 N–H and O–H groups in total. The van der Waals surface area contributed by atoms with E-state index in [1.165, 1.54) is 0 Å². The van der Waals surface area contributed by atoms with Gasteiger partial charge in [0.05, 0.1) is 27.7 Å². The van der Waals surface area contributed by atoms with Gasteiger partial charge in [0.1, 0.15) is 12.4 Å². The SMILES string of the molecule is CSc1cccc(NC(=O)Cn2c(C(C)NC(=O)c3ccccc3Cl)nc3ccccc32)c1. The summed E-state index contributed by atoms with van der Waals surface area (Å²) < 4.78 is 1.83. The van der Waals surface area contributed by atoms with Gasteiger partial charge in [-0.15, -0.1) is 11.8 Å². The third-order valence-corrected chi connectivity index (χ3v) is 6.25. The van der Waals surface area contributed by atoms with Gasteiger partial charge >= 0.3 is 0 Å². The van der Waals surface area contributed by atoms with Crippen LogP contribution in [0, 0.1) is 0 Å². The minimum absolute atomic E-state index is 0.0612. The number of nitrogens with one attached hydrogen (secondary N) is 2. The fraction of sp³-hybridized carbons (Fsp3) is 0.160. The summed E-state index contributed by atoms with van der Waals surface area (Å²) in [4.78, 5) is 31.5. The molecule has 0 saturated heterocycles. The minimum Gasteiger partial charge on any atom is -0.342 e. The van der Waals surface area contributed by atoms with E-state index >= 15 is 0 Å². The van der Waals surface area contributed by atoms with Gasteiger partial charge in [-0.3, -0.25) is 9.59 Å². The van der Waals surface area contributed by atoms with Crippen LogP contribution in [-0.2, 0) is 11.3 Å². The third kappa shape index (κ3) is 5.21. The molecule has 1 heterocycles. The Morgan fingerprint density at radius 2 is 1.82 bits per heavy atom. The number of halogens is 1. The number of para-hydroxylation sites is 2. The summed E-state index contributed by atoms with van der Waals surface area (Å²) in [5.74, 6) is 0.108. The summed E-state index contributed by atoms with van der Waals surface area (Å²) in [7, 11) is 0. The monoisotopic (exact) mass is 478 g/mol. The van der Waals surface area contributed by atoms with Crippen LogP contribution in [0.1, 0.15) is 29.1 Å². The summed E-state index contributed by atoms with van der Waals surface area (Å²) in [6.45, 7) is 1.90. The zero-order valence-electron chi connectivity index (χ0n) is 18.2. The van der Waals surface area contributed by atoms with Gasteiger partial charge in [-0.25, -0.2) is 4.98 Å². The molecule has 4 aromatic rings. The van der Waals surface area contributed by atoms with Gasteiger partial charge in [-0.1, -0.05) is 41.9 Å². The van der Waals surface area contributed by atoms with Crippen molar-refractivity contribution in [3.8, 4) is 0 Å². The number of hydrogen-bond acceptors (Lipinski definition) is 4. The largest absolute Gasteiger partial charge is 0.342 e. The summed E-state index contributed by atoms with van der Waals surface area (Å²) >= 11 is 7.79. The van der Waals surface area contributed by atoms with E-state index in [9.17, 15) is 9.59 Å². The second kappa shape index (κ2) is 10.1. The molecule has 0 saturated carbocycles. The molecule has 0 bridgehead atoms. The normalized spacial score (nSPS) is 11.8. The molecule has 0 fully saturated rings. The summed E-state index contributed by atoms with van der Waals surface area (Å²) in [6.07, 6.45) is 1.99. The van der Waals surface area contributed by atoms with E-state index in [-0.39, 0.29) is 18.4 Å². The van der Waals surface area contributed by atoms with Crippen molar-refractivity contribution in [3.63, 3.8) is 0 Å². The summed E-state index contributed by atoms with van der Waals surface area (Å²) in [5, 5.41) is 6.28. The Morgan fingerprint density at radius 3 is 2.61 bits per heavy atom. The minimum atomic E-state index is -0.450. The van der Waals surface area contributed by atoms with Gasteiger partial charge < -0.3 is 15.2 Å². The lowest BCUT2D eigenvalue weighted by Crippen LogP contribution is -2.30. The maximum absolute atomic E-state index is 12.9. The molecule has 0 aliphatic heterocycles. The zero-order valence-corrected chi connectivity index (χ0v) is 19.8. The second-order valence-corrected chi connectivity index (χ2v) is 8.79. The quantitative estimate of drug-likeness (QED) is 0.342. The molecule has 1 atom stereocenters. The molecule has 6 nitrogen and oxygen atoms in total. The number of anilines is 1. The maximum atomic E-state index is 12.9. The Balaban J connectivity index is 1.59. The first-order valence-corrected chi connectivity index (χ1v) is 12.0. The van der Waals surface area contributed by atoms with Crippen molar-refractivity contribution in [2.45, 2.75) is 24.4 Å². The summed E-state index contributed by atoms with van der Waals surface area (Å²) in [6, 6.07) is 21.7. The number of hydrogen-bond donors (Lipinski definition) is 2. The molecule has 33 heavy (non-hydrogen) atoms. The van der Waals surface area contributed by atoms with Gasteiger partial charge in [-0.2, -0.15) is 0 Å². The van der Waals surface area contributed by atoms with Gasteiger partial charge in [0.2, 0.25) is 5.91 Å². The zero-order chi connectivity index (χ0) is 23.4. The first-order valence-electron chi connectivity index (χ1n) is 10.4. The number of thioether (sulfide) groups is 1. The molecular formula is C25H23ClN4O2S. The Bertz CT molecular complexity index is 1320. The van der Waals surface area contributed by atoms with Crippen molar-refractivity contribution in [2.75, 3.05) is 11.6 Å². The van der Waals surface area contributed by atoms with Gasteiger partial charge in [0.15, 0.2) is 0 Å². The standard InChI is InChI=1S/C25H23ClN4O2S/c1-16(27-25(32)19-10-3-4-11-20(19)26)24-29-21-12-5-6-13-22(21)30(24)15-23(31)28-17-8-7-9-18(14-17)33-2/h3-14,16H,15H2,1-2H3,(H,27,32)(H,28,31). The smallest absolute Gasteiger partial charge is 0.253 e. The van der Waals surface area contributed by atoms with E-state index in [0.717, 1.165) is 21.6 Å². The molecule has 168 valence electrons. The topological polar surface area (TPSA) is 76.0 Å². The fourth-order valence-electron chi connectivity index (χ4n) is 3.62. The van der Waals surface area contributed by atoms with E-state index in [1.807, 2.05) is 66.3 Å². The first-order chi connectivity index (χ1) is 16.0. The van der Waals surface area contributed by atoms with Crippen LogP contribution < -0.4 is 10.6 Å². The fourth-order valence-corrected chi connectivity index (χ4v) is 4.30. The van der Waals surface area contributed by atoms with Crippen LogP contribution in [0.5, 0.6) is 0 Å². The van der Waals surface area contributed by atoms with E-state index < -0.39 is 6.04 Å². The number of carbonyl (C=O) groups excluding carboxylic acids is 2. The van der Waals surface area contributed by atoms with Crippen LogP contribution in [-0.4, -0.2) is 27.6 Å². The van der Waals surface area contributed by atoms with Crippen LogP contribution >= 0.6 is 23.4 Å². The Labute approximate surface area is 201 Å². The van der Waals surface area contributed by atoms with Gasteiger partial charge in [0.25, 0.3) is 5.91 Å². The Hall–Kier alpha value is -3.29. The highest BCUT2D eigenvalue weighted by Crippen LogP contribution is 2.23. The lowest BCUT2D eigenvalue weighted by molar-refractivity contribution is -0.116. The molecule has 0 radical (unpaired) electrons. The van der Waals surface area contributed by atoms with Crippen molar-refractivity contribution in [1.29, 1.82) is 0 Å². The molecule has 0 aliphatic carbocycles. The molecule has 1 unspecified atom stereocenters. The van der Waals surface area contributed by atoms with Crippen molar-refractivity contribution < 1.29 is 9.59 Å². The maximum Gasteiger partial charge on any atom is 0.253 e. The molecule has 0 spiro atoms. The molecule has 0 aliphatic rings. The van der Waals surface area contributed by atoms with Crippen LogP contribution in [0.3, 0.4) is 0 Å². The lowest BCUT2D eigenvalue weighted by Gasteiger charge is -2.17. The third-order valence-electron chi connectivity index (χ3n) is 5.19. The van der Waals surface area contributed by atoms with Crippen LogP contribution in [0.15, 0.2) is 77.7 Å². The molecule has 1 aromatic heterocycles. The van der Waals surface area contributed by atoms with Crippen molar-refractivity contribution >= 4 is 51.9 Å². The second-order valence-electron chi connectivity index (χ2n) is 7.50. The number of rotatable bonds is 7. The Kier molecular flexibility index (Phi) is 7.01. The van der Waals surface area contributed by atoms with E-state index in [4.69, 9.17) is 16.6 Å². The highest BCUT2D eigenvalue weighted by atomic mass is 35.5. The van der Waals surface area contributed by atoms with Crippen molar-refractivity contribution in [3.05, 3.63) is 89.2 Å². The first kappa shape index (κ1) is 22.9. The average molecular weight is 479 g/mol. The molecule has 4 rings (SSSR count). The van der Waals surface area contributed by atoms with E-state index in [2.05, 4.69) is 10.6 Å². The number of imidazole rings is 1. The van der Waals surface area contributed by atoms with Crippen molar-refractivity contribution in [2.24, 2.45) is 0 Å². The van der Waals surface area contributed by atoms with Crippen molar-refractivity contribution in [1.82, 2.24) is 14.9 Å². The van der Waals surface area contributed by atoms with Crippen LogP contribution in [0.25, 0.3) is 11.0 Å². The molecule has 3 aromatic carbocycles. The number of benzene rings is 3. The van der Waals surface area contributed by atoms with Crippen LogP contribution in [0.4, 0.5) is 5.69 Å². The number of aromatic nitrogens is 2. The number of amides is 2. The number of fused-ring (bicyclic) bond motifs is 1. The highest BCUT2D eigenvalue weighted by molar-refractivity contribution is 7.98.